The third-order valence-electron chi connectivity index (χ3n) is 3.32. The third kappa shape index (κ3) is 5.91. The van der Waals surface area contributed by atoms with Gasteiger partial charge in [-0.1, -0.05) is 19.0 Å². The smallest absolute Gasteiger partial charge is 0.238 e. The molecule has 0 unspecified atom stereocenters. The molecule has 0 aliphatic carbocycles. The number of amides is 2. The number of ether oxygens (including phenoxy) is 1. The Kier molecular flexibility index (Phi) is 6.50. The van der Waals surface area contributed by atoms with Gasteiger partial charge in [0, 0.05) is 24.8 Å². The van der Waals surface area contributed by atoms with Gasteiger partial charge in [0.2, 0.25) is 23.5 Å². The van der Waals surface area contributed by atoms with Crippen LogP contribution in [0.5, 0.6) is 5.75 Å². The minimum Gasteiger partial charge on any atom is -0.497 e. The summed E-state index contributed by atoms with van der Waals surface area (Å²) in [6.45, 7) is 3.86. The van der Waals surface area contributed by atoms with Gasteiger partial charge in [-0.2, -0.15) is 4.98 Å². The Morgan fingerprint density at radius 2 is 1.84 bits per heavy atom. The van der Waals surface area contributed by atoms with Gasteiger partial charge >= 0.3 is 0 Å². The molecule has 2 N–H and O–H groups in total. The average molecular weight is 346 g/mol. The van der Waals surface area contributed by atoms with Gasteiger partial charge < -0.3 is 9.26 Å². The maximum atomic E-state index is 11.7. The number of carbonyl (C=O) groups is 2. The molecule has 2 amide bonds. The number of hydrazine groups is 1. The van der Waals surface area contributed by atoms with Gasteiger partial charge in [-0.05, 0) is 30.2 Å². The molecule has 1 aromatic heterocycles. The molecule has 25 heavy (non-hydrogen) atoms. The molecular weight excluding hydrogens is 324 g/mol. The van der Waals surface area contributed by atoms with Gasteiger partial charge in [-0.3, -0.25) is 20.4 Å². The van der Waals surface area contributed by atoms with Crippen LogP contribution in [0.15, 0.2) is 28.8 Å². The second kappa shape index (κ2) is 8.81. The standard InChI is InChI=1S/C17H22N4O4/c1-11(2)10-15(23)20-19-14(22)8-9-16-18-17(21-25-16)12-4-6-13(24-3)7-5-12/h4-7,11H,8-10H2,1-3H3,(H,19,22)(H,20,23). The number of hydrogen-bond acceptors (Lipinski definition) is 6. The molecule has 0 radical (unpaired) electrons. The number of aromatic nitrogens is 2. The van der Waals surface area contributed by atoms with Gasteiger partial charge in [0.1, 0.15) is 5.75 Å². The van der Waals surface area contributed by atoms with Gasteiger partial charge in [-0.15, -0.1) is 0 Å². The lowest BCUT2D eigenvalue weighted by atomic mass is 10.1. The van der Waals surface area contributed by atoms with Gasteiger partial charge in [0.15, 0.2) is 0 Å². The fourth-order valence-corrected chi connectivity index (χ4v) is 2.06. The number of carbonyl (C=O) groups excluding carboxylic acids is 2. The number of nitrogens with one attached hydrogen (secondary N) is 2. The molecular formula is C17H22N4O4. The number of benzene rings is 1. The molecule has 0 fully saturated rings. The van der Waals surface area contributed by atoms with Crippen LogP contribution in [0.4, 0.5) is 0 Å². The SMILES string of the molecule is COc1ccc(-c2noc(CCC(=O)NNC(=O)CC(C)C)n2)cc1. The van der Waals surface area contributed by atoms with E-state index < -0.39 is 0 Å². The Labute approximate surface area is 145 Å². The van der Waals surface area contributed by atoms with E-state index in [1.54, 1.807) is 19.2 Å². The van der Waals surface area contributed by atoms with Crippen molar-refractivity contribution in [2.45, 2.75) is 33.1 Å². The normalized spacial score (nSPS) is 10.6. The largest absolute Gasteiger partial charge is 0.497 e. The summed E-state index contributed by atoms with van der Waals surface area (Å²) in [5, 5.41) is 3.90. The molecule has 8 heteroatoms. The summed E-state index contributed by atoms with van der Waals surface area (Å²) in [4.78, 5) is 27.4. The van der Waals surface area contributed by atoms with Crippen molar-refractivity contribution in [3.8, 4) is 17.1 Å². The Morgan fingerprint density at radius 3 is 2.48 bits per heavy atom. The lowest BCUT2D eigenvalue weighted by molar-refractivity contribution is -0.129. The lowest BCUT2D eigenvalue weighted by Gasteiger charge is -2.07. The van der Waals surface area contributed by atoms with Gasteiger partial charge in [0.05, 0.1) is 7.11 Å². The highest BCUT2D eigenvalue weighted by molar-refractivity contribution is 5.82. The molecule has 0 aliphatic heterocycles. The summed E-state index contributed by atoms with van der Waals surface area (Å²) >= 11 is 0. The Hall–Kier alpha value is -2.90. The maximum absolute atomic E-state index is 11.7. The molecule has 0 saturated carbocycles. The predicted octanol–water partition coefficient (Wildman–Crippen LogP) is 1.87. The second-order valence-electron chi connectivity index (χ2n) is 5.93. The minimum absolute atomic E-state index is 0.131. The first-order chi connectivity index (χ1) is 12.0. The summed E-state index contributed by atoms with van der Waals surface area (Å²) in [6, 6.07) is 7.26. The van der Waals surface area contributed by atoms with E-state index in [4.69, 9.17) is 9.26 Å². The van der Waals surface area contributed by atoms with E-state index >= 15 is 0 Å². The van der Waals surface area contributed by atoms with Crippen molar-refractivity contribution < 1.29 is 18.8 Å². The van der Waals surface area contributed by atoms with Crippen LogP contribution in [0.2, 0.25) is 0 Å². The van der Waals surface area contributed by atoms with E-state index in [1.165, 1.54) is 0 Å². The fraction of sp³-hybridized carbons (Fsp3) is 0.412. The molecule has 2 rings (SSSR count). The fourth-order valence-electron chi connectivity index (χ4n) is 2.06. The molecule has 2 aromatic rings. The molecule has 0 spiro atoms. The van der Waals surface area contributed by atoms with Crippen molar-refractivity contribution in [2.75, 3.05) is 7.11 Å². The molecule has 0 atom stereocenters. The summed E-state index contributed by atoms with van der Waals surface area (Å²) in [5.41, 5.74) is 5.53. The zero-order valence-corrected chi connectivity index (χ0v) is 14.5. The van der Waals surface area contributed by atoms with E-state index in [-0.39, 0.29) is 30.6 Å². The zero-order chi connectivity index (χ0) is 18.2. The maximum Gasteiger partial charge on any atom is 0.238 e. The van der Waals surface area contributed by atoms with Crippen LogP contribution in [0.3, 0.4) is 0 Å². The molecule has 134 valence electrons. The predicted molar refractivity (Wildman–Crippen MR) is 90.3 cm³/mol. The third-order valence-corrected chi connectivity index (χ3v) is 3.32. The summed E-state index contributed by atoms with van der Waals surface area (Å²) in [6.07, 6.45) is 0.774. The number of aryl methyl sites for hydroxylation is 1. The van der Waals surface area contributed by atoms with Crippen molar-refractivity contribution in [3.05, 3.63) is 30.2 Å². The monoisotopic (exact) mass is 346 g/mol. The van der Waals surface area contributed by atoms with Crippen LogP contribution in [-0.4, -0.2) is 29.1 Å². The number of methoxy groups -OCH3 is 1. The topological polar surface area (TPSA) is 106 Å². The van der Waals surface area contributed by atoms with Crippen molar-refractivity contribution in [1.29, 1.82) is 0 Å². The molecule has 0 aliphatic rings. The quantitative estimate of drug-likeness (QED) is 0.741. The first-order valence-electron chi connectivity index (χ1n) is 8.02. The number of hydrogen-bond donors (Lipinski definition) is 2. The molecule has 8 nitrogen and oxygen atoms in total. The Balaban J connectivity index is 1.80. The highest BCUT2D eigenvalue weighted by Crippen LogP contribution is 2.19. The van der Waals surface area contributed by atoms with Crippen LogP contribution in [0.1, 0.15) is 32.6 Å². The van der Waals surface area contributed by atoms with E-state index in [0.717, 1.165) is 11.3 Å². The van der Waals surface area contributed by atoms with Crippen LogP contribution in [0, 0.1) is 5.92 Å². The summed E-state index contributed by atoms with van der Waals surface area (Å²) < 4.78 is 10.2. The van der Waals surface area contributed by atoms with Gasteiger partial charge in [-0.25, -0.2) is 0 Å². The Bertz CT molecular complexity index is 710. The molecule has 1 aromatic carbocycles. The summed E-state index contributed by atoms with van der Waals surface area (Å²) in [7, 11) is 1.60. The van der Waals surface area contributed by atoms with Crippen LogP contribution in [-0.2, 0) is 16.0 Å². The lowest BCUT2D eigenvalue weighted by Crippen LogP contribution is -2.42. The van der Waals surface area contributed by atoms with Crippen molar-refractivity contribution in [3.63, 3.8) is 0 Å². The van der Waals surface area contributed by atoms with Crippen LogP contribution in [0.25, 0.3) is 11.4 Å². The molecule has 0 bridgehead atoms. The van der Waals surface area contributed by atoms with Crippen molar-refractivity contribution in [2.24, 2.45) is 5.92 Å². The zero-order valence-electron chi connectivity index (χ0n) is 14.5. The van der Waals surface area contributed by atoms with Gasteiger partial charge in [0.25, 0.3) is 0 Å². The molecule has 1 heterocycles. The van der Waals surface area contributed by atoms with E-state index in [2.05, 4.69) is 21.0 Å². The van der Waals surface area contributed by atoms with E-state index in [1.807, 2.05) is 26.0 Å². The second-order valence-corrected chi connectivity index (χ2v) is 5.93. The van der Waals surface area contributed by atoms with E-state index in [9.17, 15) is 9.59 Å². The number of nitrogens with zero attached hydrogens (tertiary/aromatic N) is 2. The average Bonchev–Trinajstić information content (AvgIpc) is 3.06. The number of rotatable bonds is 7. The summed E-state index contributed by atoms with van der Waals surface area (Å²) in [5.74, 6) is 1.23. The van der Waals surface area contributed by atoms with Crippen LogP contribution < -0.4 is 15.6 Å². The Morgan fingerprint density at radius 1 is 1.16 bits per heavy atom. The van der Waals surface area contributed by atoms with E-state index in [0.29, 0.717) is 18.1 Å². The first-order valence-corrected chi connectivity index (χ1v) is 8.02. The molecule has 0 saturated heterocycles. The highest BCUT2D eigenvalue weighted by atomic mass is 16.5. The van der Waals surface area contributed by atoms with Crippen molar-refractivity contribution in [1.82, 2.24) is 21.0 Å². The minimum atomic E-state index is -0.318. The highest BCUT2D eigenvalue weighted by Gasteiger charge is 2.12. The van der Waals surface area contributed by atoms with Crippen LogP contribution >= 0.6 is 0 Å². The van der Waals surface area contributed by atoms with Crippen molar-refractivity contribution >= 4 is 11.8 Å². The first kappa shape index (κ1) is 18.4.